The largest absolute Gasteiger partial charge is 0.304 e. The molecule has 44 heavy (non-hydrogen) atoms. The van der Waals surface area contributed by atoms with E-state index in [9.17, 15) is 17.6 Å². The van der Waals surface area contributed by atoms with Gasteiger partial charge in [-0.25, -0.2) is 17.6 Å². The fraction of sp³-hybridized carbons (Fsp3) is 0.0556. The molecule has 0 aliphatic rings. The van der Waals surface area contributed by atoms with Crippen LogP contribution in [0.4, 0.5) is 17.6 Å². The zero-order chi connectivity index (χ0) is 29.6. The Morgan fingerprint density at radius 3 is 1.57 bits per heavy atom. The third-order valence-electron chi connectivity index (χ3n) is 6.47. The normalized spacial score (nSPS) is 10.1. The van der Waals surface area contributed by atoms with E-state index in [4.69, 9.17) is 0 Å². The first-order valence-corrected chi connectivity index (χ1v) is 13.1. The first-order chi connectivity index (χ1) is 20.3. The van der Waals surface area contributed by atoms with Gasteiger partial charge in [-0.2, -0.15) is 0 Å². The molecule has 6 aromatic rings. The Balaban J connectivity index is 0.000000230. The zero-order valence-electron chi connectivity index (χ0n) is 23.5. The monoisotopic (exact) mass is 946 g/mol. The third-order valence-corrected chi connectivity index (χ3v) is 6.47. The van der Waals surface area contributed by atoms with Crippen LogP contribution in [0.2, 0.25) is 0 Å². The van der Waals surface area contributed by atoms with Crippen LogP contribution < -0.4 is 0 Å². The van der Waals surface area contributed by atoms with Crippen LogP contribution in [0.5, 0.6) is 0 Å². The number of hydrogen-bond donors (Lipinski definition) is 0. The van der Waals surface area contributed by atoms with Crippen molar-refractivity contribution in [2.24, 2.45) is 0 Å². The number of rotatable bonds is 4. The summed E-state index contributed by atoms with van der Waals surface area (Å²) in [5.74, 6) is -2.61. The van der Waals surface area contributed by atoms with E-state index >= 15 is 0 Å². The molecule has 0 saturated heterocycles. The van der Waals surface area contributed by atoms with Crippen molar-refractivity contribution in [2.45, 2.75) is 13.8 Å². The fourth-order valence-corrected chi connectivity index (χ4v) is 4.22. The molecular weight excluding hydrogens is 921 g/mol. The summed E-state index contributed by atoms with van der Waals surface area (Å²) in [5, 5.41) is 0. The van der Waals surface area contributed by atoms with E-state index in [0.29, 0.717) is 11.1 Å². The third kappa shape index (κ3) is 8.64. The van der Waals surface area contributed by atoms with Gasteiger partial charge in [0, 0.05) is 58.2 Å². The summed E-state index contributed by atoms with van der Waals surface area (Å²) >= 11 is 0. The zero-order valence-corrected chi connectivity index (χ0v) is 28.3. The number of nitrogens with zero attached hydrogens (tertiary/aromatic N) is 2. The van der Waals surface area contributed by atoms with Gasteiger partial charge in [-0.3, -0.25) is 0 Å². The van der Waals surface area contributed by atoms with Gasteiger partial charge in [-0.1, -0.05) is 35.9 Å². The van der Waals surface area contributed by atoms with E-state index in [0.717, 1.165) is 57.4 Å². The van der Waals surface area contributed by atoms with Crippen LogP contribution >= 0.6 is 0 Å². The van der Waals surface area contributed by atoms with Crippen LogP contribution in [0.15, 0.2) is 109 Å². The second kappa shape index (κ2) is 15.8. The topological polar surface area (TPSA) is 25.8 Å². The van der Waals surface area contributed by atoms with Gasteiger partial charge < -0.3 is 9.97 Å². The molecule has 0 spiro atoms. The molecular formula is C36H24F4Ir2N2-2. The molecule has 2 aromatic heterocycles. The van der Waals surface area contributed by atoms with Crippen molar-refractivity contribution in [3.63, 3.8) is 0 Å². The summed E-state index contributed by atoms with van der Waals surface area (Å²) < 4.78 is 53.5. The molecule has 0 aliphatic heterocycles. The molecule has 0 fully saturated rings. The fourth-order valence-electron chi connectivity index (χ4n) is 4.22. The summed E-state index contributed by atoms with van der Waals surface area (Å²) in [6.07, 6.45) is 3.55. The van der Waals surface area contributed by atoms with Gasteiger partial charge in [0.2, 0.25) is 0 Å². The van der Waals surface area contributed by atoms with Crippen molar-refractivity contribution >= 4 is 0 Å². The van der Waals surface area contributed by atoms with Crippen molar-refractivity contribution in [3.8, 4) is 44.8 Å². The maximum Gasteiger partial charge on any atom is 0.159 e. The number of halogens is 4. The van der Waals surface area contributed by atoms with Crippen LogP contribution in [-0.4, -0.2) is 9.97 Å². The number of pyridine rings is 2. The van der Waals surface area contributed by atoms with E-state index in [1.807, 2.05) is 50.2 Å². The Morgan fingerprint density at radius 1 is 0.500 bits per heavy atom. The predicted molar refractivity (Wildman–Crippen MR) is 157 cm³/mol. The van der Waals surface area contributed by atoms with Crippen LogP contribution in [0.1, 0.15) is 11.1 Å². The molecule has 2 nitrogen and oxygen atoms in total. The van der Waals surface area contributed by atoms with E-state index in [-0.39, 0.29) is 45.8 Å². The molecule has 6 rings (SSSR count). The summed E-state index contributed by atoms with van der Waals surface area (Å²) in [4.78, 5) is 8.67. The molecule has 8 heteroatoms. The Kier molecular flexibility index (Phi) is 12.4. The van der Waals surface area contributed by atoms with Gasteiger partial charge in [0.15, 0.2) is 11.6 Å². The maximum absolute atomic E-state index is 13.8. The molecule has 0 bridgehead atoms. The van der Waals surface area contributed by atoms with E-state index < -0.39 is 23.3 Å². The molecule has 0 aliphatic carbocycles. The van der Waals surface area contributed by atoms with Crippen molar-refractivity contribution in [1.82, 2.24) is 9.97 Å². The molecule has 0 amide bonds. The minimum Gasteiger partial charge on any atom is -0.304 e. The summed E-state index contributed by atoms with van der Waals surface area (Å²) in [6, 6.07) is 31.8. The van der Waals surface area contributed by atoms with E-state index in [1.54, 1.807) is 42.7 Å². The Morgan fingerprint density at radius 2 is 1.02 bits per heavy atom. The summed E-state index contributed by atoms with van der Waals surface area (Å²) in [6.45, 7) is 3.93. The molecule has 0 atom stereocenters. The molecule has 0 unspecified atom stereocenters. The average molecular weight is 945 g/mol. The summed E-state index contributed by atoms with van der Waals surface area (Å²) in [7, 11) is 0. The SMILES string of the molecule is Cc1ccc(-c2[c-]ccc(-c3cc(F)ccc3F)c2)nc1.Cc1ccc(-c2[c-]ccc(-c3ccc(F)c(F)c3)c2)nc1.[Ir].[Ir]. The number of benzene rings is 4. The van der Waals surface area contributed by atoms with E-state index in [2.05, 4.69) is 22.1 Å². The van der Waals surface area contributed by atoms with Gasteiger partial charge in [0.05, 0.1) is 0 Å². The first-order valence-electron chi connectivity index (χ1n) is 13.1. The summed E-state index contributed by atoms with van der Waals surface area (Å²) in [5.41, 5.74) is 7.50. The van der Waals surface area contributed by atoms with Crippen LogP contribution in [0, 0.1) is 49.2 Å². The smallest absolute Gasteiger partial charge is 0.159 e. The van der Waals surface area contributed by atoms with Gasteiger partial charge in [0.1, 0.15) is 11.6 Å². The Bertz CT molecular complexity index is 1840. The van der Waals surface area contributed by atoms with Gasteiger partial charge in [0.25, 0.3) is 0 Å². The van der Waals surface area contributed by atoms with E-state index in [1.165, 1.54) is 12.1 Å². The first kappa shape index (κ1) is 34.7. The molecule has 226 valence electrons. The Labute approximate surface area is 281 Å². The molecule has 2 radical (unpaired) electrons. The van der Waals surface area contributed by atoms with Crippen molar-refractivity contribution in [3.05, 3.63) is 156 Å². The average Bonchev–Trinajstić information content (AvgIpc) is 3.01. The Hall–Kier alpha value is -3.80. The van der Waals surface area contributed by atoms with Crippen molar-refractivity contribution in [2.75, 3.05) is 0 Å². The number of hydrogen-bond acceptors (Lipinski definition) is 2. The maximum atomic E-state index is 13.8. The molecule has 4 aromatic carbocycles. The van der Waals surface area contributed by atoms with Crippen LogP contribution in [-0.2, 0) is 40.2 Å². The standard InChI is InChI=1S/2C18H12F2N.2Ir/c1-12-5-8-18(21-11-12)15-4-2-3-13(9-15)14-6-7-16(19)17(20)10-14;1-12-5-8-18(21-11-12)14-4-2-3-13(9-14)16-10-15(19)6-7-17(16)20;;/h2*2-3,5-11H,1H3;;/q2*-1;;. The molecule has 0 N–H and O–H groups in total. The van der Waals surface area contributed by atoms with Crippen molar-refractivity contribution in [1.29, 1.82) is 0 Å². The van der Waals surface area contributed by atoms with Gasteiger partial charge >= 0.3 is 0 Å². The van der Waals surface area contributed by atoms with Gasteiger partial charge in [-0.05, 0) is 72.3 Å². The predicted octanol–water partition coefficient (Wildman–Crippen LogP) is 9.60. The van der Waals surface area contributed by atoms with Crippen molar-refractivity contribution < 1.29 is 57.8 Å². The van der Waals surface area contributed by atoms with Crippen LogP contribution in [0.25, 0.3) is 44.8 Å². The van der Waals surface area contributed by atoms with Crippen LogP contribution in [0.3, 0.4) is 0 Å². The second-order valence-corrected chi connectivity index (χ2v) is 9.68. The minimum absolute atomic E-state index is 0. The number of aryl methyl sites for hydroxylation is 2. The number of aromatic nitrogens is 2. The second-order valence-electron chi connectivity index (χ2n) is 9.68. The molecule has 0 saturated carbocycles. The minimum atomic E-state index is -0.852. The quantitative estimate of drug-likeness (QED) is 0.130. The van der Waals surface area contributed by atoms with Gasteiger partial charge in [-0.15, -0.1) is 65.2 Å². The molecule has 2 heterocycles.